The van der Waals surface area contributed by atoms with Crippen LogP contribution < -0.4 is 10.6 Å². The summed E-state index contributed by atoms with van der Waals surface area (Å²) in [5, 5.41) is 6.07. The summed E-state index contributed by atoms with van der Waals surface area (Å²) in [4.78, 5) is 20.1. The van der Waals surface area contributed by atoms with Crippen molar-refractivity contribution in [1.82, 2.24) is 15.3 Å². The maximum absolute atomic E-state index is 11.8. The molecule has 0 spiro atoms. The minimum Gasteiger partial charge on any atom is -0.366 e. The van der Waals surface area contributed by atoms with Crippen LogP contribution in [0.1, 0.15) is 35.7 Å². The van der Waals surface area contributed by atoms with Crippen LogP contribution in [-0.2, 0) is 6.54 Å². The topological polar surface area (TPSA) is 66.9 Å². The van der Waals surface area contributed by atoms with Crippen LogP contribution in [0, 0.1) is 0 Å². The smallest absolute Gasteiger partial charge is 0.252 e. The van der Waals surface area contributed by atoms with Crippen molar-refractivity contribution in [2.24, 2.45) is 0 Å². The van der Waals surface area contributed by atoms with E-state index in [0.717, 1.165) is 24.2 Å². The summed E-state index contributed by atoms with van der Waals surface area (Å²) in [6, 6.07) is 7.48. The molecule has 21 heavy (non-hydrogen) atoms. The Bertz CT molecular complexity index is 554. The van der Waals surface area contributed by atoms with Crippen LogP contribution >= 0.6 is 0 Å². The van der Waals surface area contributed by atoms with Crippen molar-refractivity contribution in [3.05, 3.63) is 54.0 Å². The number of carbonyl (C=O) groups is 1. The van der Waals surface area contributed by atoms with Gasteiger partial charge in [0.15, 0.2) is 0 Å². The van der Waals surface area contributed by atoms with Gasteiger partial charge in [-0.05, 0) is 30.2 Å². The summed E-state index contributed by atoms with van der Waals surface area (Å²) in [5.74, 6) is 0.665. The van der Waals surface area contributed by atoms with Crippen LogP contribution in [0.5, 0.6) is 0 Å². The van der Waals surface area contributed by atoms with Gasteiger partial charge < -0.3 is 10.6 Å². The second kappa shape index (κ2) is 7.99. The van der Waals surface area contributed by atoms with Gasteiger partial charge in [-0.2, -0.15) is 0 Å². The van der Waals surface area contributed by atoms with Crippen molar-refractivity contribution in [3.8, 4) is 0 Å². The van der Waals surface area contributed by atoms with E-state index in [-0.39, 0.29) is 5.91 Å². The van der Waals surface area contributed by atoms with E-state index in [1.165, 1.54) is 0 Å². The van der Waals surface area contributed by atoms with E-state index >= 15 is 0 Å². The normalized spacial score (nSPS) is 10.1. The fraction of sp³-hybridized carbons (Fsp3) is 0.312. The van der Waals surface area contributed by atoms with E-state index in [2.05, 4.69) is 27.5 Å². The molecule has 0 unspecified atom stereocenters. The van der Waals surface area contributed by atoms with E-state index in [1.807, 2.05) is 24.4 Å². The lowest BCUT2D eigenvalue weighted by Crippen LogP contribution is -2.24. The molecule has 0 aliphatic carbocycles. The molecule has 2 aromatic heterocycles. The Kier molecular flexibility index (Phi) is 5.70. The summed E-state index contributed by atoms with van der Waals surface area (Å²) >= 11 is 0. The summed E-state index contributed by atoms with van der Waals surface area (Å²) in [5.41, 5.74) is 1.67. The van der Waals surface area contributed by atoms with Gasteiger partial charge in [0.1, 0.15) is 5.82 Å². The van der Waals surface area contributed by atoms with Gasteiger partial charge in [0.05, 0.1) is 5.56 Å². The predicted octanol–water partition coefficient (Wildman–Crippen LogP) is 2.62. The minimum absolute atomic E-state index is 0.0743. The maximum Gasteiger partial charge on any atom is 0.252 e. The molecule has 2 N–H and O–H groups in total. The van der Waals surface area contributed by atoms with Gasteiger partial charge in [-0.3, -0.25) is 9.78 Å². The van der Waals surface area contributed by atoms with Crippen molar-refractivity contribution in [1.29, 1.82) is 0 Å². The van der Waals surface area contributed by atoms with E-state index in [0.29, 0.717) is 18.7 Å². The molecule has 0 aliphatic heterocycles. The third-order valence-corrected chi connectivity index (χ3v) is 3.04. The average molecular weight is 284 g/mol. The molecule has 5 nitrogen and oxygen atoms in total. The highest BCUT2D eigenvalue weighted by Gasteiger charge is 2.05. The molecule has 0 fully saturated rings. The van der Waals surface area contributed by atoms with Crippen LogP contribution in [0.2, 0.25) is 0 Å². The van der Waals surface area contributed by atoms with E-state index in [9.17, 15) is 4.79 Å². The first-order valence-electron chi connectivity index (χ1n) is 7.16. The highest BCUT2D eigenvalue weighted by Crippen LogP contribution is 2.07. The molecule has 2 aromatic rings. The third kappa shape index (κ3) is 4.87. The largest absolute Gasteiger partial charge is 0.366 e. The minimum atomic E-state index is -0.0743. The zero-order valence-corrected chi connectivity index (χ0v) is 12.2. The lowest BCUT2D eigenvalue weighted by molar-refractivity contribution is 0.0953. The monoisotopic (exact) mass is 284 g/mol. The van der Waals surface area contributed by atoms with Gasteiger partial charge >= 0.3 is 0 Å². The van der Waals surface area contributed by atoms with Gasteiger partial charge in [0, 0.05) is 31.7 Å². The lowest BCUT2D eigenvalue weighted by Gasteiger charge is -2.07. The first-order chi connectivity index (χ1) is 10.3. The average Bonchev–Trinajstić information content (AvgIpc) is 2.54. The van der Waals surface area contributed by atoms with E-state index in [4.69, 9.17) is 0 Å². The molecule has 0 bridgehead atoms. The van der Waals surface area contributed by atoms with Crippen molar-refractivity contribution in [2.45, 2.75) is 26.3 Å². The first-order valence-corrected chi connectivity index (χ1v) is 7.16. The SMILES string of the molecule is CCCCNC(=O)c1ccc(NCc2cccnc2)nc1. The van der Waals surface area contributed by atoms with Gasteiger partial charge in [-0.25, -0.2) is 4.98 Å². The number of carbonyl (C=O) groups excluding carboxylic acids is 1. The Labute approximate surface area is 124 Å². The Balaban J connectivity index is 1.85. The van der Waals surface area contributed by atoms with Gasteiger partial charge in [0.2, 0.25) is 0 Å². The molecule has 0 radical (unpaired) electrons. The summed E-state index contributed by atoms with van der Waals surface area (Å²) in [7, 11) is 0. The number of unbranched alkanes of at least 4 members (excludes halogenated alkanes) is 1. The Morgan fingerprint density at radius 1 is 1.24 bits per heavy atom. The second-order valence-electron chi connectivity index (χ2n) is 4.76. The number of pyridine rings is 2. The highest BCUT2D eigenvalue weighted by molar-refractivity contribution is 5.93. The molecule has 110 valence electrons. The highest BCUT2D eigenvalue weighted by atomic mass is 16.1. The molecular formula is C16H20N4O. The number of aromatic nitrogens is 2. The number of hydrogen-bond acceptors (Lipinski definition) is 4. The van der Waals surface area contributed by atoms with Crippen LogP contribution in [-0.4, -0.2) is 22.4 Å². The summed E-state index contributed by atoms with van der Waals surface area (Å²) in [6.45, 7) is 3.45. The Morgan fingerprint density at radius 3 is 2.81 bits per heavy atom. The number of nitrogens with zero attached hydrogens (tertiary/aromatic N) is 2. The zero-order valence-electron chi connectivity index (χ0n) is 12.2. The number of amides is 1. The van der Waals surface area contributed by atoms with Crippen molar-refractivity contribution >= 4 is 11.7 Å². The van der Waals surface area contributed by atoms with Gasteiger partial charge in [-0.1, -0.05) is 19.4 Å². The Morgan fingerprint density at radius 2 is 2.14 bits per heavy atom. The maximum atomic E-state index is 11.8. The lowest BCUT2D eigenvalue weighted by atomic mass is 10.2. The summed E-state index contributed by atoms with van der Waals surface area (Å²) < 4.78 is 0. The zero-order chi connectivity index (χ0) is 14.9. The number of anilines is 1. The van der Waals surface area contributed by atoms with Gasteiger partial charge in [0.25, 0.3) is 5.91 Å². The van der Waals surface area contributed by atoms with E-state index in [1.54, 1.807) is 18.5 Å². The van der Waals surface area contributed by atoms with Crippen LogP contribution in [0.3, 0.4) is 0 Å². The van der Waals surface area contributed by atoms with Crippen LogP contribution in [0.15, 0.2) is 42.9 Å². The second-order valence-corrected chi connectivity index (χ2v) is 4.76. The summed E-state index contributed by atoms with van der Waals surface area (Å²) in [6.07, 6.45) is 7.20. The molecule has 2 heterocycles. The van der Waals surface area contributed by atoms with Gasteiger partial charge in [-0.15, -0.1) is 0 Å². The molecule has 2 rings (SSSR count). The third-order valence-electron chi connectivity index (χ3n) is 3.04. The molecule has 5 heteroatoms. The molecule has 0 aliphatic rings. The molecule has 0 saturated heterocycles. The van der Waals surface area contributed by atoms with Crippen LogP contribution in [0.25, 0.3) is 0 Å². The standard InChI is InChI=1S/C16H20N4O/c1-2-3-9-18-16(21)14-6-7-15(20-12-14)19-11-13-5-4-8-17-10-13/h4-8,10,12H,2-3,9,11H2,1H3,(H,18,21)(H,19,20). The van der Waals surface area contributed by atoms with Crippen molar-refractivity contribution < 1.29 is 4.79 Å². The number of nitrogens with one attached hydrogen (secondary N) is 2. The van der Waals surface area contributed by atoms with E-state index < -0.39 is 0 Å². The molecule has 0 atom stereocenters. The quantitative estimate of drug-likeness (QED) is 0.767. The Hall–Kier alpha value is -2.43. The molecule has 1 amide bonds. The molecular weight excluding hydrogens is 264 g/mol. The predicted molar refractivity (Wildman–Crippen MR) is 83.0 cm³/mol. The number of hydrogen-bond donors (Lipinski definition) is 2. The fourth-order valence-corrected chi connectivity index (χ4v) is 1.81. The molecule has 0 saturated carbocycles. The first kappa shape index (κ1) is 15.0. The molecule has 0 aromatic carbocycles. The fourth-order valence-electron chi connectivity index (χ4n) is 1.81. The number of rotatable bonds is 7. The van der Waals surface area contributed by atoms with Crippen molar-refractivity contribution in [2.75, 3.05) is 11.9 Å². The van der Waals surface area contributed by atoms with Crippen LogP contribution in [0.4, 0.5) is 5.82 Å². The van der Waals surface area contributed by atoms with Crippen molar-refractivity contribution in [3.63, 3.8) is 0 Å².